The van der Waals surface area contributed by atoms with Crippen LogP contribution in [0.15, 0.2) is 5.38 Å². The number of aromatic nitrogens is 1. The summed E-state index contributed by atoms with van der Waals surface area (Å²) in [6.45, 7) is 7.02. The molecule has 1 aliphatic carbocycles. The monoisotopic (exact) mass is 295 g/mol. The zero-order valence-electron chi connectivity index (χ0n) is 12.7. The van der Waals surface area contributed by atoms with Crippen LogP contribution >= 0.6 is 11.3 Å². The fraction of sp³-hybridized carbons (Fsp3) is 0.750. The normalized spacial score (nSPS) is 23.8. The van der Waals surface area contributed by atoms with Crippen LogP contribution in [0.2, 0.25) is 0 Å². The number of carbonyl (C=O) groups is 1. The minimum Gasteiger partial charge on any atom is -0.481 e. The maximum absolute atomic E-state index is 10.6. The molecule has 0 amide bonds. The summed E-state index contributed by atoms with van der Waals surface area (Å²) in [6, 6.07) is 0. The van der Waals surface area contributed by atoms with Crippen molar-refractivity contribution in [3.05, 3.63) is 16.1 Å². The van der Waals surface area contributed by atoms with E-state index in [-0.39, 0.29) is 6.42 Å². The van der Waals surface area contributed by atoms with Crippen molar-refractivity contribution in [2.75, 3.05) is 0 Å². The van der Waals surface area contributed by atoms with Crippen LogP contribution in [-0.4, -0.2) is 16.1 Å². The summed E-state index contributed by atoms with van der Waals surface area (Å²) < 4.78 is 0. The Morgan fingerprint density at radius 1 is 1.35 bits per heavy atom. The molecule has 3 nitrogen and oxygen atoms in total. The summed E-state index contributed by atoms with van der Waals surface area (Å²) in [5, 5.41) is 12.0. The lowest BCUT2D eigenvalue weighted by Gasteiger charge is -2.36. The quantitative estimate of drug-likeness (QED) is 0.891. The first-order valence-electron chi connectivity index (χ1n) is 7.52. The highest BCUT2D eigenvalue weighted by Crippen LogP contribution is 2.43. The molecule has 0 spiro atoms. The molecular weight excluding hydrogens is 270 g/mol. The van der Waals surface area contributed by atoms with E-state index in [9.17, 15) is 4.79 Å². The van der Waals surface area contributed by atoms with Gasteiger partial charge in [-0.15, -0.1) is 11.3 Å². The number of hydrogen-bond donors (Lipinski definition) is 1. The predicted molar refractivity (Wildman–Crippen MR) is 82.2 cm³/mol. The lowest BCUT2D eigenvalue weighted by atomic mass is 9.70. The molecule has 1 aliphatic rings. The largest absolute Gasteiger partial charge is 0.481 e. The lowest BCUT2D eigenvalue weighted by Crippen LogP contribution is -2.25. The summed E-state index contributed by atoms with van der Waals surface area (Å²) in [4.78, 5) is 15.2. The maximum Gasteiger partial charge on any atom is 0.303 e. The Balaban J connectivity index is 1.89. The highest BCUT2D eigenvalue weighted by molar-refractivity contribution is 7.09. The summed E-state index contributed by atoms with van der Waals surface area (Å²) >= 11 is 1.71. The van der Waals surface area contributed by atoms with Crippen LogP contribution in [0.4, 0.5) is 0 Å². The Morgan fingerprint density at radius 3 is 2.55 bits per heavy atom. The van der Waals surface area contributed by atoms with Crippen molar-refractivity contribution in [1.29, 1.82) is 0 Å². The van der Waals surface area contributed by atoms with Crippen molar-refractivity contribution in [2.24, 2.45) is 11.3 Å². The second-order valence-corrected chi connectivity index (χ2v) is 7.88. The first-order valence-corrected chi connectivity index (χ1v) is 8.40. The van der Waals surface area contributed by atoms with Crippen LogP contribution in [0.25, 0.3) is 0 Å². The Morgan fingerprint density at radius 2 is 2.00 bits per heavy atom. The summed E-state index contributed by atoms with van der Waals surface area (Å²) in [7, 11) is 0. The Hall–Kier alpha value is -0.900. The highest BCUT2D eigenvalue weighted by atomic mass is 32.1. The van der Waals surface area contributed by atoms with Gasteiger partial charge in [0.15, 0.2) is 0 Å². The van der Waals surface area contributed by atoms with Crippen LogP contribution in [0.3, 0.4) is 0 Å². The summed E-state index contributed by atoms with van der Waals surface area (Å²) in [6.07, 6.45) is 5.78. The topological polar surface area (TPSA) is 50.2 Å². The Kier molecular flexibility index (Phi) is 4.84. The molecule has 0 atom stereocenters. The zero-order valence-corrected chi connectivity index (χ0v) is 13.5. The molecule has 0 radical (unpaired) electrons. The summed E-state index contributed by atoms with van der Waals surface area (Å²) in [5.41, 5.74) is 1.37. The van der Waals surface area contributed by atoms with Gasteiger partial charge < -0.3 is 5.11 Å². The first-order chi connectivity index (χ1) is 9.36. The molecule has 1 fully saturated rings. The van der Waals surface area contributed by atoms with E-state index in [4.69, 9.17) is 5.11 Å². The molecule has 112 valence electrons. The van der Waals surface area contributed by atoms with E-state index in [0.717, 1.165) is 11.6 Å². The van der Waals surface area contributed by atoms with Gasteiger partial charge in [-0.2, -0.15) is 0 Å². The second kappa shape index (κ2) is 6.25. The van der Waals surface area contributed by atoms with Gasteiger partial charge in [0.2, 0.25) is 0 Å². The van der Waals surface area contributed by atoms with E-state index in [1.807, 2.05) is 5.38 Å². The standard InChI is InChI=1S/C16H25NO2S/c1-16(2,3)12-6-4-11(5-7-12)15-17-13(10-20-15)8-9-14(18)19/h10-12H,4-9H2,1-3H3,(H,18,19). The summed E-state index contributed by atoms with van der Waals surface area (Å²) in [5.74, 6) is 0.674. The van der Waals surface area contributed by atoms with Crippen molar-refractivity contribution in [3.63, 3.8) is 0 Å². The molecule has 1 N–H and O–H groups in total. The molecule has 0 bridgehead atoms. The van der Waals surface area contributed by atoms with Gasteiger partial charge in [0.05, 0.1) is 17.1 Å². The minimum atomic E-state index is -0.745. The second-order valence-electron chi connectivity index (χ2n) is 6.99. The highest BCUT2D eigenvalue weighted by Gasteiger charge is 2.31. The first kappa shape index (κ1) is 15.5. The SMILES string of the molecule is CC(C)(C)C1CCC(c2nc(CCC(=O)O)cs2)CC1. The number of carboxylic acid groups (broad SMARTS) is 1. The van der Waals surface area contributed by atoms with Crippen LogP contribution in [0, 0.1) is 11.3 Å². The van der Waals surface area contributed by atoms with E-state index in [2.05, 4.69) is 25.8 Å². The van der Waals surface area contributed by atoms with Crippen molar-refractivity contribution >= 4 is 17.3 Å². The third kappa shape index (κ3) is 4.05. The molecule has 0 unspecified atom stereocenters. The molecule has 1 aromatic rings. The van der Waals surface area contributed by atoms with Gasteiger partial charge in [0, 0.05) is 17.7 Å². The maximum atomic E-state index is 10.6. The zero-order chi connectivity index (χ0) is 14.8. The number of nitrogens with zero attached hydrogens (tertiary/aromatic N) is 1. The number of aliphatic carboxylic acids is 1. The third-order valence-corrected chi connectivity index (χ3v) is 5.52. The van der Waals surface area contributed by atoms with Crippen molar-refractivity contribution < 1.29 is 9.90 Å². The molecule has 0 aliphatic heterocycles. The van der Waals surface area contributed by atoms with Crippen LogP contribution < -0.4 is 0 Å². The van der Waals surface area contributed by atoms with Crippen molar-refractivity contribution in [1.82, 2.24) is 4.98 Å². The number of aryl methyl sites for hydroxylation is 1. The van der Waals surface area contributed by atoms with Gasteiger partial charge in [0.25, 0.3) is 0 Å². The van der Waals surface area contributed by atoms with Gasteiger partial charge in [-0.25, -0.2) is 4.98 Å². The van der Waals surface area contributed by atoms with E-state index >= 15 is 0 Å². The van der Waals surface area contributed by atoms with E-state index < -0.39 is 5.97 Å². The van der Waals surface area contributed by atoms with Crippen LogP contribution in [-0.2, 0) is 11.2 Å². The average Bonchev–Trinajstić information content (AvgIpc) is 2.84. The van der Waals surface area contributed by atoms with Gasteiger partial charge in [-0.1, -0.05) is 20.8 Å². The average molecular weight is 295 g/mol. The fourth-order valence-electron chi connectivity index (χ4n) is 3.07. The molecule has 0 aromatic carbocycles. The predicted octanol–water partition coefficient (Wildman–Crippen LogP) is 4.48. The van der Waals surface area contributed by atoms with E-state index in [1.54, 1.807) is 11.3 Å². The molecule has 2 rings (SSSR count). The number of thiazole rings is 1. The van der Waals surface area contributed by atoms with Gasteiger partial charge >= 0.3 is 5.97 Å². The minimum absolute atomic E-state index is 0.180. The van der Waals surface area contributed by atoms with Crippen molar-refractivity contribution in [3.8, 4) is 0 Å². The van der Waals surface area contributed by atoms with Crippen LogP contribution in [0.1, 0.15) is 69.5 Å². The van der Waals surface area contributed by atoms with Gasteiger partial charge in [-0.3, -0.25) is 4.79 Å². The Bertz CT molecular complexity index is 453. The molecule has 0 saturated heterocycles. The molecule has 20 heavy (non-hydrogen) atoms. The Labute approximate surface area is 125 Å². The lowest BCUT2D eigenvalue weighted by molar-refractivity contribution is -0.136. The number of hydrogen-bond acceptors (Lipinski definition) is 3. The third-order valence-electron chi connectivity index (χ3n) is 4.47. The molecule has 1 heterocycles. The number of rotatable bonds is 4. The molecule has 1 aromatic heterocycles. The van der Waals surface area contributed by atoms with E-state index in [0.29, 0.717) is 17.8 Å². The fourth-order valence-corrected chi connectivity index (χ4v) is 4.09. The van der Waals surface area contributed by atoms with E-state index in [1.165, 1.54) is 30.7 Å². The van der Waals surface area contributed by atoms with Crippen LogP contribution in [0.5, 0.6) is 0 Å². The van der Waals surface area contributed by atoms with Crippen molar-refractivity contribution in [2.45, 2.75) is 65.2 Å². The molecule has 1 saturated carbocycles. The molecule has 4 heteroatoms. The number of carboxylic acids is 1. The van der Waals surface area contributed by atoms with Gasteiger partial charge in [0.1, 0.15) is 0 Å². The van der Waals surface area contributed by atoms with Gasteiger partial charge in [-0.05, 0) is 37.0 Å². The molecular formula is C16H25NO2S. The smallest absolute Gasteiger partial charge is 0.303 e.